The number of thiophene rings is 1. The molecule has 0 radical (unpaired) electrons. The third-order valence-corrected chi connectivity index (χ3v) is 5.55. The van der Waals surface area contributed by atoms with Gasteiger partial charge in [-0.1, -0.05) is 6.07 Å². The average molecular weight is 421 g/mol. The zero-order valence-corrected chi connectivity index (χ0v) is 16.1. The van der Waals surface area contributed by atoms with Gasteiger partial charge < -0.3 is 10.1 Å². The van der Waals surface area contributed by atoms with Crippen LogP contribution in [0.1, 0.15) is 28.9 Å². The van der Waals surface area contributed by atoms with Crippen molar-refractivity contribution >= 4 is 17.2 Å². The summed E-state index contributed by atoms with van der Waals surface area (Å²) in [6.07, 6.45) is -2.59. The summed E-state index contributed by atoms with van der Waals surface area (Å²) in [7, 11) is 0. The van der Waals surface area contributed by atoms with Crippen LogP contribution in [0.3, 0.4) is 0 Å². The molecular formula is C20H18F3N3O2S. The van der Waals surface area contributed by atoms with Crippen molar-refractivity contribution in [2.45, 2.75) is 25.1 Å². The third-order valence-electron chi connectivity index (χ3n) is 4.66. The van der Waals surface area contributed by atoms with Crippen LogP contribution < -0.4 is 5.32 Å². The Kier molecular flexibility index (Phi) is 5.42. The molecule has 2 aromatic heterocycles. The van der Waals surface area contributed by atoms with Crippen LogP contribution in [0, 0.1) is 0 Å². The lowest BCUT2D eigenvalue weighted by molar-refractivity contribution is -0.141. The summed E-state index contributed by atoms with van der Waals surface area (Å²) in [5, 5.41) is 8.37. The molecule has 1 aliphatic rings. The van der Waals surface area contributed by atoms with Crippen molar-refractivity contribution in [1.82, 2.24) is 15.1 Å². The van der Waals surface area contributed by atoms with Gasteiger partial charge in [0.2, 0.25) is 0 Å². The minimum atomic E-state index is -4.54. The van der Waals surface area contributed by atoms with Crippen molar-refractivity contribution in [2.75, 3.05) is 13.2 Å². The van der Waals surface area contributed by atoms with Gasteiger partial charge in [0, 0.05) is 18.7 Å². The minimum absolute atomic E-state index is 0.0384. The number of rotatable bonds is 5. The summed E-state index contributed by atoms with van der Waals surface area (Å²) in [6.45, 7) is 1.16. The Balaban J connectivity index is 1.57. The Morgan fingerprint density at radius 3 is 2.69 bits per heavy atom. The van der Waals surface area contributed by atoms with Crippen LogP contribution in [0.4, 0.5) is 13.2 Å². The second-order valence-corrected chi connectivity index (χ2v) is 7.64. The maximum atomic E-state index is 13.2. The summed E-state index contributed by atoms with van der Waals surface area (Å²) in [5.41, 5.74) is 0.259. The number of benzene rings is 1. The van der Waals surface area contributed by atoms with Gasteiger partial charge in [0.25, 0.3) is 5.91 Å². The SMILES string of the molecule is O=C(NC[C@@H]1CCCO1)c1ccc(-n2nc(C(F)(F)F)cc2-c2cccs2)cc1. The fourth-order valence-corrected chi connectivity index (χ4v) is 3.91. The molecular weight excluding hydrogens is 403 g/mol. The molecule has 1 aliphatic heterocycles. The lowest BCUT2D eigenvalue weighted by atomic mass is 10.2. The second-order valence-electron chi connectivity index (χ2n) is 6.69. The van der Waals surface area contributed by atoms with Crippen molar-refractivity contribution < 1.29 is 22.7 Å². The molecule has 3 heterocycles. The first-order valence-electron chi connectivity index (χ1n) is 9.13. The molecule has 4 rings (SSSR count). The number of ether oxygens (including phenoxy) is 1. The smallest absolute Gasteiger partial charge is 0.376 e. The zero-order valence-electron chi connectivity index (χ0n) is 15.3. The predicted octanol–water partition coefficient (Wildman–Crippen LogP) is 4.53. The number of alkyl halides is 3. The van der Waals surface area contributed by atoms with Crippen LogP contribution in [-0.2, 0) is 10.9 Å². The summed E-state index contributed by atoms with van der Waals surface area (Å²) in [6, 6.07) is 10.9. The number of hydrogen-bond donors (Lipinski definition) is 1. The van der Waals surface area contributed by atoms with E-state index in [-0.39, 0.29) is 12.0 Å². The summed E-state index contributed by atoms with van der Waals surface area (Å²) in [5.74, 6) is -0.248. The van der Waals surface area contributed by atoms with Gasteiger partial charge in [0.15, 0.2) is 5.69 Å². The van der Waals surface area contributed by atoms with Crippen LogP contribution in [0.25, 0.3) is 16.3 Å². The fraction of sp³-hybridized carbons (Fsp3) is 0.300. The highest BCUT2D eigenvalue weighted by Crippen LogP contribution is 2.34. The molecule has 1 saturated heterocycles. The van der Waals surface area contributed by atoms with Crippen molar-refractivity contribution in [3.63, 3.8) is 0 Å². The van der Waals surface area contributed by atoms with E-state index < -0.39 is 11.9 Å². The quantitative estimate of drug-likeness (QED) is 0.659. The number of carbonyl (C=O) groups excluding carboxylic acids is 1. The first-order chi connectivity index (χ1) is 13.9. The monoisotopic (exact) mass is 421 g/mol. The number of halogens is 3. The maximum absolute atomic E-state index is 13.2. The number of carbonyl (C=O) groups is 1. The van der Waals surface area contributed by atoms with Gasteiger partial charge >= 0.3 is 6.18 Å². The zero-order chi connectivity index (χ0) is 20.4. The van der Waals surface area contributed by atoms with Gasteiger partial charge in [-0.05, 0) is 54.6 Å². The molecule has 0 spiro atoms. The number of amides is 1. The first-order valence-corrected chi connectivity index (χ1v) is 10.0. The van der Waals surface area contributed by atoms with Gasteiger partial charge in [-0.15, -0.1) is 11.3 Å². The highest BCUT2D eigenvalue weighted by Gasteiger charge is 2.35. The van der Waals surface area contributed by atoms with Gasteiger partial charge in [0.1, 0.15) is 0 Å². The molecule has 3 aromatic rings. The molecule has 0 bridgehead atoms. The second kappa shape index (κ2) is 8.00. The minimum Gasteiger partial charge on any atom is -0.376 e. The van der Waals surface area contributed by atoms with E-state index in [0.29, 0.717) is 35.0 Å². The fourth-order valence-electron chi connectivity index (χ4n) is 3.18. The maximum Gasteiger partial charge on any atom is 0.435 e. The Hall–Kier alpha value is -2.65. The molecule has 152 valence electrons. The van der Waals surface area contributed by atoms with Gasteiger partial charge in [0.05, 0.1) is 22.4 Å². The molecule has 1 amide bonds. The van der Waals surface area contributed by atoms with Crippen LogP contribution in [0.2, 0.25) is 0 Å². The van der Waals surface area contributed by atoms with Crippen molar-refractivity contribution in [1.29, 1.82) is 0 Å². The topological polar surface area (TPSA) is 56.1 Å². The van der Waals surface area contributed by atoms with Crippen molar-refractivity contribution in [2.24, 2.45) is 0 Å². The molecule has 0 unspecified atom stereocenters. The highest BCUT2D eigenvalue weighted by atomic mass is 32.1. The van der Waals surface area contributed by atoms with Crippen molar-refractivity contribution in [3.8, 4) is 16.3 Å². The normalized spacial score (nSPS) is 16.9. The Bertz CT molecular complexity index is 976. The van der Waals surface area contributed by atoms with Crippen LogP contribution >= 0.6 is 11.3 Å². The van der Waals surface area contributed by atoms with E-state index in [1.54, 1.807) is 41.8 Å². The molecule has 29 heavy (non-hydrogen) atoms. The van der Waals surface area contributed by atoms with E-state index in [0.717, 1.165) is 18.9 Å². The molecule has 0 saturated carbocycles. The van der Waals surface area contributed by atoms with Crippen LogP contribution in [0.5, 0.6) is 0 Å². The largest absolute Gasteiger partial charge is 0.435 e. The number of hydrogen-bond acceptors (Lipinski definition) is 4. The lowest BCUT2D eigenvalue weighted by Crippen LogP contribution is -2.31. The Morgan fingerprint density at radius 1 is 1.28 bits per heavy atom. The van der Waals surface area contributed by atoms with Crippen LogP contribution in [0.15, 0.2) is 47.8 Å². The summed E-state index contributed by atoms with van der Waals surface area (Å²) >= 11 is 1.33. The van der Waals surface area contributed by atoms with Crippen molar-refractivity contribution in [3.05, 3.63) is 59.1 Å². The van der Waals surface area contributed by atoms with E-state index in [4.69, 9.17) is 4.74 Å². The number of nitrogens with zero attached hydrogens (tertiary/aromatic N) is 2. The van der Waals surface area contributed by atoms with Gasteiger partial charge in [-0.2, -0.15) is 18.3 Å². The predicted molar refractivity (Wildman–Crippen MR) is 103 cm³/mol. The van der Waals surface area contributed by atoms with E-state index in [9.17, 15) is 18.0 Å². The molecule has 9 heteroatoms. The van der Waals surface area contributed by atoms with Gasteiger partial charge in [-0.25, -0.2) is 4.68 Å². The Labute approximate surface area is 169 Å². The lowest BCUT2D eigenvalue weighted by Gasteiger charge is -2.11. The van der Waals surface area contributed by atoms with Gasteiger partial charge in [-0.3, -0.25) is 4.79 Å². The average Bonchev–Trinajstić information content (AvgIpc) is 3.46. The van der Waals surface area contributed by atoms with Crippen LogP contribution in [-0.4, -0.2) is 34.9 Å². The molecule has 1 atom stereocenters. The molecule has 1 fully saturated rings. The standard InChI is InChI=1S/C20H18F3N3O2S/c21-20(22,23)18-11-16(17-4-2-10-29-17)26(25-18)14-7-5-13(6-8-14)19(27)24-12-15-3-1-9-28-15/h2,4-8,10-11,15H,1,3,9,12H2,(H,24,27)/t15-/m0/s1. The van der Waals surface area contributed by atoms with E-state index in [1.807, 2.05) is 0 Å². The molecule has 1 N–H and O–H groups in total. The van der Waals surface area contributed by atoms with E-state index in [1.165, 1.54) is 16.0 Å². The summed E-state index contributed by atoms with van der Waals surface area (Å²) < 4.78 is 46.3. The first kappa shape index (κ1) is 19.7. The summed E-state index contributed by atoms with van der Waals surface area (Å²) in [4.78, 5) is 13.0. The third kappa shape index (κ3) is 4.35. The highest BCUT2D eigenvalue weighted by molar-refractivity contribution is 7.13. The number of aromatic nitrogens is 2. The molecule has 0 aliphatic carbocycles. The molecule has 5 nitrogen and oxygen atoms in total. The van der Waals surface area contributed by atoms with E-state index in [2.05, 4.69) is 10.4 Å². The molecule has 1 aromatic carbocycles. The van der Waals surface area contributed by atoms with E-state index >= 15 is 0 Å². The number of nitrogens with one attached hydrogen (secondary N) is 1. The Morgan fingerprint density at radius 2 is 2.07 bits per heavy atom.